The molecule has 1 N–H and O–H groups in total. The molecule has 0 radical (unpaired) electrons. The Morgan fingerprint density at radius 3 is 1.82 bits per heavy atom. The third kappa shape index (κ3) is 4.01. The molecule has 0 saturated carbocycles. The second kappa shape index (κ2) is 7.85. The predicted octanol–water partition coefficient (Wildman–Crippen LogP) is 4.51. The second-order valence-electron chi connectivity index (χ2n) is 5.16. The van der Waals surface area contributed by atoms with E-state index in [0.29, 0.717) is 5.57 Å². The number of thiol groups is 1. The van der Waals surface area contributed by atoms with Crippen molar-refractivity contribution in [2.45, 2.75) is 26.3 Å². The normalized spacial score (nSPS) is 12.0. The van der Waals surface area contributed by atoms with Gasteiger partial charge >= 0.3 is 0 Å². The van der Waals surface area contributed by atoms with Crippen LogP contribution in [0.1, 0.15) is 37.4 Å². The van der Waals surface area contributed by atoms with E-state index >= 15 is 0 Å². The van der Waals surface area contributed by atoms with Crippen LogP contribution in [-0.2, 0) is 4.79 Å². The van der Waals surface area contributed by atoms with Gasteiger partial charge in [0.2, 0.25) is 5.12 Å². The summed E-state index contributed by atoms with van der Waals surface area (Å²) in [5.41, 5.74) is 3.93. The van der Waals surface area contributed by atoms with Crippen LogP contribution in [0.2, 0.25) is 0 Å². The number of allylic oxidation sites excluding steroid dienone is 1. The highest BCUT2D eigenvalue weighted by Gasteiger charge is 2.16. The van der Waals surface area contributed by atoms with Crippen LogP contribution in [0.15, 0.2) is 71.9 Å². The van der Waals surface area contributed by atoms with Crippen molar-refractivity contribution in [2.75, 3.05) is 0 Å². The summed E-state index contributed by atoms with van der Waals surface area (Å²) < 4.78 is 0. The highest BCUT2D eigenvalue weighted by atomic mass is 32.1. The zero-order chi connectivity index (χ0) is 15.9. The van der Waals surface area contributed by atoms with E-state index in [2.05, 4.69) is 42.2 Å². The Labute approximate surface area is 137 Å². The lowest BCUT2D eigenvalue weighted by molar-refractivity contribution is -0.107. The molecule has 0 aliphatic rings. The van der Waals surface area contributed by atoms with Gasteiger partial charge in [0, 0.05) is 11.3 Å². The molecule has 0 aromatic heterocycles. The van der Waals surface area contributed by atoms with Crippen LogP contribution in [0.3, 0.4) is 0 Å². The first-order valence-electron chi connectivity index (χ1n) is 7.43. The van der Waals surface area contributed by atoms with E-state index in [9.17, 15) is 4.79 Å². The minimum Gasteiger partial charge on any atom is -0.377 e. The molecule has 22 heavy (non-hydrogen) atoms. The fraction of sp³-hybridized carbons (Fsp3) is 0.211. The molecule has 0 amide bonds. The standard InChI is InChI=1S/C19H21NOS/c1-3-17(14(2)19(21)22)20-18(15-10-6-4-7-11-15)16-12-8-5-9-13-16/h4-13,18,20H,3H2,1-2H3,(H,21,22)/b17-14-. The molecule has 0 saturated heterocycles. The third-order valence-corrected chi connectivity index (χ3v) is 4.05. The lowest BCUT2D eigenvalue weighted by Gasteiger charge is -2.23. The molecule has 3 heteroatoms. The summed E-state index contributed by atoms with van der Waals surface area (Å²) in [7, 11) is 0. The Morgan fingerprint density at radius 2 is 1.45 bits per heavy atom. The van der Waals surface area contributed by atoms with Gasteiger partial charge in [-0.25, -0.2) is 0 Å². The van der Waals surface area contributed by atoms with Gasteiger partial charge in [-0.2, -0.15) is 0 Å². The fourth-order valence-electron chi connectivity index (χ4n) is 2.43. The van der Waals surface area contributed by atoms with Gasteiger partial charge < -0.3 is 5.32 Å². The molecule has 0 spiro atoms. The highest BCUT2D eigenvalue weighted by Crippen LogP contribution is 2.24. The molecule has 0 fully saturated rings. The zero-order valence-corrected chi connectivity index (χ0v) is 13.8. The van der Waals surface area contributed by atoms with E-state index in [1.165, 1.54) is 11.1 Å². The van der Waals surface area contributed by atoms with Gasteiger partial charge in [0.1, 0.15) is 0 Å². The minimum absolute atomic E-state index is 0.0139. The smallest absolute Gasteiger partial charge is 0.213 e. The molecule has 0 aliphatic heterocycles. The lowest BCUT2D eigenvalue weighted by Crippen LogP contribution is -2.23. The van der Waals surface area contributed by atoms with Gasteiger partial charge in [0.25, 0.3) is 0 Å². The summed E-state index contributed by atoms with van der Waals surface area (Å²) in [6, 6.07) is 20.5. The topological polar surface area (TPSA) is 29.1 Å². The van der Waals surface area contributed by atoms with Crippen LogP contribution in [-0.4, -0.2) is 5.12 Å². The number of benzene rings is 2. The number of hydrogen-bond donors (Lipinski definition) is 2. The maximum atomic E-state index is 11.6. The fourth-order valence-corrected chi connectivity index (χ4v) is 2.56. The Morgan fingerprint density at radius 1 is 1.00 bits per heavy atom. The Hall–Kier alpha value is -2.00. The van der Waals surface area contributed by atoms with Gasteiger partial charge in [-0.05, 0) is 24.5 Å². The molecule has 114 valence electrons. The summed E-state index contributed by atoms with van der Waals surface area (Å²) >= 11 is 3.95. The monoisotopic (exact) mass is 311 g/mol. The molecule has 0 unspecified atom stereocenters. The highest BCUT2D eigenvalue weighted by molar-refractivity contribution is 7.97. The van der Waals surface area contributed by atoms with E-state index in [-0.39, 0.29) is 11.2 Å². The number of carbonyl (C=O) groups excluding carboxylic acids is 1. The van der Waals surface area contributed by atoms with Gasteiger partial charge in [-0.15, -0.1) is 12.6 Å². The predicted molar refractivity (Wildman–Crippen MR) is 94.8 cm³/mol. The van der Waals surface area contributed by atoms with E-state index in [4.69, 9.17) is 0 Å². The summed E-state index contributed by atoms with van der Waals surface area (Å²) in [4.78, 5) is 11.6. The second-order valence-corrected chi connectivity index (χ2v) is 5.57. The summed E-state index contributed by atoms with van der Waals surface area (Å²) in [6.07, 6.45) is 0.758. The molecule has 2 aromatic rings. The van der Waals surface area contributed by atoms with Crippen molar-refractivity contribution in [1.29, 1.82) is 0 Å². The largest absolute Gasteiger partial charge is 0.377 e. The molecule has 2 aromatic carbocycles. The average molecular weight is 311 g/mol. The maximum Gasteiger partial charge on any atom is 0.213 e. The van der Waals surface area contributed by atoms with Gasteiger partial charge in [-0.1, -0.05) is 67.6 Å². The van der Waals surface area contributed by atoms with Crippen molar-refractivity contribution < 1.29 is 4.79 Å². The molecule has 0 atom stereocenters. The van der Waals surface area contributed by atoms with Crippen LogP contribution < -0.4 is 5.32 Å². The molecular weight excluding hydrogens is 290 g/mol. The summed E-state index contributed by atoms with van der Waals surface area (Å²) in [5, 5.41) is 3.34. The van der Waals surface area contributed by atoms with Crippen molar-refractivity contribution in [2.24, 2.45) is 0 Å². The summed E-state index contributed by atoms with van der Waals surface area (Å²) in [5.74, 6) is 0. The third-order valence-electron chi connectivity index (χ3n) is 3.71. The minimum atomic E-state index is -0.191. The summed E-state index contributed by atoms with van der Waals surface area (Å²) in [6.45, 7) is 3.85. The van der Waals surface area contributed by atoms with Crippen LogP contribution in [0.4, 0.5) is 0 Å². The maximum absolute atomic E-state index is 11.6. The van der Waals surface area contributed by atoms with Crippen molar-refractivity contribution in [3.05, 3.63) is 83.1 Å². The van der Waals surface area contributed by atoms with Crippen LogP contribution in [0.5, 0.6) is 0 Å². The van der Waals surface area contributed by atoms with E-state index in [0.717, 1.165) is 12.1 Å². The molecule has 0 heterocycles. The van der Waals surface area contributed by atoms with Crippen LogP contribution >= 0.6 is 12.6 Å². The first kappa shape index (κ1) is 16.4. The molecule has 0 aliphatic carbocycles. The molecule has 2 rings (SSSR count). The Balaban J connectivity index is 2.42. The first-order chi connectivity index (χ1) is 10.6. The molecular formula is C19H21NOS. The average Bonchev–Trinajstić information content (AvgIpc) is 2.57. The zero-order valence-electron chi connectivity index (χ0n) is 12.9. The van der Waals surface area contributed by atoms with Crippen molar-refractivity contribution in [3.8, 4) is 0 Å². The Bertz CT molecular complexity index is 610. The van der Waals surface area contributed by atoms with Gasteiger partial charge in [0.15, 0.2) is 0 Å². The number of nitrogens with one attached hydrogen (secondary N) is 1. The number of rotatable bonds is 6. The van der Waals surface area contributed by atoms with E-state index in [1.54, 1.807) is 0 Å². The first-order valence-corrected chi connectivity index (χ1v) is 7.87. The van der Waals surface area contributed by atoms with Crippen molar-refractivity contribution >= 4 is 17.7 Å². The lowest BCUT2D eigenvalue weighted by atomic mass is 9.98. The van der Waals surface area contributed by atoms with Crippen molar-refractivity contribution in [1.82, 2.24) is 5.32 Å². The van der Waals surface area contributed by atoms with E-state index < -0.39 is 0 Å². The molecule has 0 bridgehead atoms. The molecule has 2 nitrogen and oxygen atoms in total. The van der Waals surface area contributed by atoms with Crippen molar-refractivity contribution in [3.63, 3.8) is 0 Å². The quantitative estimate of drug-likeness (QED) is 0.607. The Kier molecular flexibility index (Phi) is 5.84. The van der Waals surface area contributed by atoms with Gasteiger partial charge in [-0.3, -0.25) is 4.79 Å². The SMILES string of the molecule is CC/C(NC(c1ccccc1)c1ccccc1)=C(\C)C(=O)S. The van der Waals surface area contributed by atoms with E-state index in [1.807, 2.05) is 50.2 Å². The van der Waals surface area contributed by atoms with Gasteiger partial charge in [0.05, 0.1) is 6.04 Å². The van der Waals surface area contributed by atoms with Crippen LogP contribution in [0, 0.1) is 0 Å². The number of hydrogen-bond acceptors (Lipinski definition) is 2. The van der Waals surface area contributed by atoms with Crippen LogP contribution in [0.25, 0.3) is 0 Å². The number of carbonyl (C=O) groups is 1.